The van der Waals surface area contributed by atoms with Crippen LogP contribution in [0, 0.1) is 5.82 Å². The Morgan fingerprint density at radius 2 is 1.84 bits per heavy atom. The zero-order chi connectivity index (χ0) is 26.9. The molecule has 5 rings (SSSR count). The van der Waals surface area contributed by atoms with Crippen molar-refractivity contribution in [2.75, 3.05) is 36.8 Å². The number of rotatable bonds is 8. The molecular weight excluding hydrogens is 510 g/mol. The molecule has 1 atom stereocenters. The van der Waals surface area contributed by atoms with E-state index in [2.05, 4.69) is 16.9 Å². The number of halogens is 2. The molecule has 2 aromatic rings. The summed E-state index contributed by atoms with van der Waals surface area (Å²) in [6.07, 6.45) is 8.65. The van der Waals surface area contributed by atoms with Crippen LogP contribution in [0.5, 0.6) is 5.75 Å². The maximum atomic E-state index is 16.1. The first-order valence-electron chi connectivity index (χ1n) is 13.6. The van der Waals surface area contributed by atoms with E-state index in [1.807, 2.05) is 36.4 Å². The molecule has 1 fully saturated rings. The van der Waals surface area contributed by atoms with Gasteiger partial charge < -0.3 is 9.64 Å². The maximum absolute atomic E-state index is 16.1. The smallest absolute Gasteiger partial charge is 0.225 e. The Bertz CT molecular complexity index is 1290. The van der Waals surface area contributed by atoms with Crippen molar-refractivity contribution in [1.29, 1.82) is 0 Å². The van der Waals surface area contributed by atoms with Gasteiger partial charge in [0.1, 0.15) is 6.10 Å². The highest BCUT2D eigenvalue weighted by Gasteiger charge is 2.47. The molecule has 0 aliphatic carbocycles. The van der Waals surface area contributed by atoms with Crippen LogP contribution in [0.3, 0.4) is 0 Å². The minimum atomic E-state index is -3.27. The molecule has 206 valence electrons. The van der Waals surface area contributed by atoms with Crippen molar-refractivity contribution in [2.45, 2.75) is 70.6 Å². The molecule has 38 heavy (non-hydrogen) atoms. The number of hydrogen-bond donors (Lipinski definition) is 0. The molecule has 1 aromatic carbocycles. The van der Waals surface area contributed by atoms with Crippen molar-refractivity contribution < 1.29 is 21.9 Å². The number of fused-ring (bicyclic) bond motifs is 1. The largest absolute Gasteiger partial charge is 0.483 e. The van der Waals surface area contributed by atoms with Crippen LogP contribution in [0.1, 0.15) is 62.6 Å². The Morgan fingerprint density at radius 1 is 1.11 bits per heavy atom. The molecule has 3 aliphatic rings. The highest BCUT2D eigenvalue weighted by atomic mass is 32.2. The second-order valence-corrected chi connectivity index (χ2v) is 12.7. The summed E-state index contributed by atoms with van der Waals surface area (Å²) in [7, 11) is -3.27. The van der Waals surface area contributed by atoms with E-state index in [0.717, 1.165) is 24.0 Å². The summed E-state index contributed by atoms with van der Waals surface area (Å²) in [6, 6.07) is 3.31. The van der Waals surface area contributed by atoms with E-state index >= 15 is 8.78 Å². The lowest BCUT2D eigenvalue weighted by Gasteiger charge is -2.39. The minimum absolute atomic E-state index is 0.128. The van der Waals surface area contributed by atoms with Crippen molar-refractivity contribution in [1.82, 2.24) is 14.3 Å². The third-order valence-electron chi connectivity index (χ3n) is 7.87. The van der Waals surface area contributed by atoms with E-state index in [4.69, 9.17) is 4.74 Å². The first-order valence-corrected chi connectivity index (χ1v) is 15.2. The predicted octanol–water partition coefficient (Wildman–Crippen LogP) is 4.71. The number of nitrogens with zero attached hydrogens (tertiary/aromatic N) is 4. The number of aryl methyl sites for hydroxylation is 1. The molecule has 0 spiro atoms. The maximum Gasteiger partial charge on any atom is 0.225 e. The Labute approximate surface area is 224 Å². The van der Waals surface area contributed by atoms with Crippen molar-refractivity contribution in [3.05, 3.63) is 53.1 Å². The number of hydrogen-bond acceptors (Lipinski definition) is 6. The van der Waals surface area contributed by atoms with Gasteiger partial charge in [0.25, 0.3) is 0 Å². The molecule has 10 heteroatoms. The average molecular weight is 547 g/mol. The van der Waals surface area contributed by atoms with Crippen LogP contribution in [0.4, 0.5) is 14.7 Å². The lowest BCUT2D eigenvalue weighted by molar-refractivity contribution is 0.000733. The number of piperidine rings is 1. The van der Waals surface area contributed by atoms with Crippen molar-refractivity contribution in [3.63, 3.8) is 0 Å². The predicted molar refractivity (Wildman–Crippen MR) is 144 cm³/mol. The van der Waals surface area contributed by atoms with Crippen LogP contribution in [-0.2, 0) is 22.9 Å². The zero-order valence-electron chi connectivity index (χ0n) is 22.1. The molecule has 0 bridgehead atoms. The summed E-state index contributed by atoms with van der Waals surface area (Å²) in [5.41, 5.74) is 1.81. The number of ether oxygens (including phenoxy) is 1. The third-order valence-corrected chi connectivity index (χ3v) is 9.91. The van der Waals surface area contributed by atoms with Gasteiger partial charge in [-0.15, -0.1) is 0 Å². The Balaban J connectivity index is 1.24. The summed E-state index contributed by atoms with van der Waals surface area (Å²) in [6.45, 7) is 5.55. The Hall–Kier alpha value is -2.59. The molecule has 1 saturated heterocycles. The summed E-state index contributed by atoms with van der Waals surface area (Å²) >= 11 is 0. The first kappa shape index (κ1) is 27.0. The highest BCUT2D eigenvalue weighted by Crippen LogP contribution is 2.43. The van der Waals surface area contributed by atoms with Crippen LogP contribution in [0.15, 0.2) is 30.6 Å². The van der Waals surface area contributed by atoms with E-state index in [9.17, 15) is 8.42 Å². The SMILES string of the molecule is CCCc1cnc(N2CCC(F)(C3Cc4cc(C5=CCN(S(=O)(=O)CCC)CC5)cc(F)c4O3)CC2)nc1. The minimum Gasteiger partial charge on any atom is -0.483 e. The lowest BCUT2D eigenvalue weighted by atomic mass is 9.85. The molecular formula is C28H36F2N4O3S. The molecule has 0 amide bonds. The number of alkyl halides is 1. The lowest BCUT2D eigenvalue weighted by Crippen LogP contribution is -2.50. The highest BCUT2D eigenvalue weighted by molar-refractivity contribution is 7.89. The average Bonchev–Trinajstić information content (AvgIpc) is 3.36. The fourth-order valence-corrected chi connectivity index (χ4v) is 7.12. The number of benzene rings is 1. The van der Waals surface area contributed by atoms with Crippen molar-refractivity contribution in [3.8, 4) is 5.75 Å². The third kappa shape index (κ3) is 5.43. The molecule has 0 saturated carbocycles. The van der Waals surface area contributed by atoms with Gasteiger partial charge in [-0.25, -0.2) is 27.2 Å². The molecule has 0 radical (unpaired) electrons. The van der Waals surface area contributed by atoms with Crippen LogP contribution in [-0.4, -0.2) is 66.4 Å². The van der Waals surface area contributed by atoms with Gasteiger partial charge in [-0.2, -0.15) is 4.31 Å². The molecule has 4 heterocycles. The van der Waals surface area contributed by atoms with Gasteiger partial charge in [0.15, 0.2) is 17.2 Å². The topological polar surface area (TPSA) is 75.6 Å². The second-order valence-electron chi connectivity index (χ2n) is 10.6. The van der Waals surface area contributed by atoms with Crippen LogP contribution in [0.2, 0.25) is 0 Å². The van der Waals surface area contributed by atoms with Crippen molar-refractivity contribution in [2.24, 2.45) is 0 Å². The summed E-state index contributed by atoms with van der Waals surface area (Å²) in [4.78, 5) is 10.9. The van der Waals surface area contributed by atoms with E-state index in [1.165, 1.54) is 10.4 Å². The monoisotopic (exact) mass is 546 g/mol. The van der Waals surface area contributed by atoms with Crippen molar-refractivity contribution >= 4 is 21.5 Å². The molecule has 7 nitrogen and oxygen atoms in total. The summed E-state index contributed by atoms with van der Waals surface area (Å²) in [5.74, 6) is 0.379. The summed E-state index contributed by atoms with van der Waals surface area (Å²) in [5, 5.41) is 0. The molecule has 3 aliphatic heterocycles. The van der Waals surface area contributed by atoms with E-state index in [1.54, 1.807) is 0 Å². The van der Waals surface area contributed by atoms with Gasteiger partial charge in [-0.1, -0.05) is 26.3 Å². The second kappa shape index (κ2) is 10.9. The first-order chi connectivity index (χ1) is 18.2. The standard InChI is InChI=1S/C28H36F2N4O3S/c1-3-5-20-18-31-27(32-19-20)33-12-8-28(30,9-13-33)25-17-23-15-22(16-24(29)26(23)37-25)21-6-10-34(11-7-21)38(35,36)14-4-2/h6,15-16,18-19,25H,3-5,7-14,17H2,1-2H3. The fraction of sp³-hybridized carbons (Fsp3) is 0.571. The quantitative estimate of drug-likeness (QED) is 0.478. The molecule has 1 aromatic heterocycles. The normalized spacial score (nSPS) is 21.6. The van der Waals surface area contributed by atoms with Gasteiger partial charge in [-0.3, -0.25) is 0 Å². The zero-order valence-corrected chi connectivity index (χ0v) is 22.9. The van der Waals surface area contributed by atoms with Gasteiger partial charge in [0.2, 0.25) is 16.0 Å². The van der Waals surface area contributed by atoms with Gasteiger partial charge >= 0.3 is 0 Å². The molecule has 0 N–H and O–H groups in total. The van der Waals surface area contributed by atoms with Gasteiger partial charge in [0, 0.05) is 63.4 Å². The number of aromatic nitrogens is 2. The van der Waals surface area contributed by atoms with Gasteiger partial charge in [0.05, 0.1) is 5.75 Å². The van der Waals surface area contributed by atoms with Crippen LogP contribution < -0.4 is 9.64 Å². The Morgan fingerprint density at radius 3 is 2.47 bits per heavy atom. The van der Waals surface area contributed by atoms with E-state index in [-0.39, 0.29) is 30.9 Å². The number of anilines is 1. The van der Waals surface area contributed by atoms with E-state index in [0.29, 0.717) is 56.0 Å². The number of sulfonamides is 1. The van der Waals surface area contributed by atoms with E-state index < -0.39 is 27.6 Å². The fourth-order valence-electron chi connectivity index (χ4n) is 5.67. The van der Waals surface area contributed by atoms with Gasteiger partial charge in [-0.05, 0) is 48.1 Å². The summed E-state index contributed by atoms with van der Waals surface area (Å²) < 4.78 is 63.3. The Kier molecular flexibility index (Phi) is 7.73. The van der Waals surface area contributed by atoms with Crippen LogP contribution >= 0.6 is 0 Å². The van der Waals surface area contributed by atoms with Crippen LogP contribution in [0.25, 0.3) is 5.57 Å². The molecule has 1 unspecified atom stereocenters.